The van der Waals surface area contributed by atoms with Crippen molar-refractivity contribution in [2.75, 3.05) is 23.4 Å². The van der Waals surface area contributed by atoms with Crippen molar-refractivity contribution in [3.05, 3.63) is 48.0 Å². The topological polar surface area (TPSA) is 84.4 Å². The van der Waals surface area contributed by atoms with Gasteiger partial charge in [-0.2, -0.15) is 0 Å². The number of aromatic nitrogens is 2. The van der Waals surface area contributed by atoms with Crippen LogP contribution in [-0.2, 0) is 9.53 Å². The molecule has 0 aliphatic rings. The van der Waals surface area contributed by atoms with E-state index in [0.717, 1.165) is 12.2 Å². The van der Waals surface area contributed by atoms with Crippen molar-refractivity contribution in [1.82, 2.24) is 9.97 Å². The van der Waals surface area contributed by atoms with Crippen molar-refractivity contribution in [3.8, 4) is 0 Å². The van der Waals surface area contributed by atoms with Gasteiger partial charge in [0.2, 0.25) is 0 Å². The van der Waals surface area contributed by atoms with E-state index in [0.29, 0.717) is 17.4 Å². The van der Waals surface area contributed by atoms with Crippen molar-refractivity contribution in [3.63, 3.8) is 0 Å². The van der Waals surface area contributed by atoms with E-state index in [-0.39, 0.29) is 12.3 Å². The van der Waals surface area contributed by atoms with Crippen LogP contribution >= 0.6 is 0 Å². The Morgan fingerprint density at radius 1 is 1.15 bits per heavy atom. The molecule has 7 heteroatoms. The molecule has 0 saturated heterocycles. The van der Waals surface area contributed by atoms with Crippen molar-refractivity contribution < 1.29 is 14.3 Å². The molecule has 26 heavy (non-hydrogen) atoms. The van der Waals surface area contributed by atoms with Crippen molar-refractivity contribution in [2.24, 2.45) is 0 Å². The van der Waals surface area contributed by atoms with E-state index >= 15 is 0 Å². The summed E-state index contributed by atoms with van der Waals surface area (Å²) in [5, 5.41) is 2.70. The van der Waals surface area contributed by atoms with Crippen molar-refractivity contribution >= 4 is 23.3 Å². The number of carbonyl (C=O) groups is 2. The molecule has 0 radical (unpaired) electrons. The molecule has 138 valence electrons. The molecular weight excluding hydrogens is 332 g/mol. The SMILES string of the molecule is CCN(c1ccc(NC(=O)COC(=O)c2cnc(C)cn2)cc1)C(C)C. The lowest BCUT2D eigenvalue weighted by atomic mass is 10.2. The number of nitrogens with zero attached hydrogens (tertiary/aromatic N) is 3. The minimum absolute atomic E-state index is 0.0705. The Bertz CT molecular complexity index is 742. The highest BCUT2D eigenvalue weighted by atomic mass is 16.5. The van der Waals surface area contributed by atoms with Crippen LogP contribution in [-0.4, -0.2) is 41.0 Å². The monoisotopic (exact) mass is 356 g/mol. The van der Waals surface area contributed by atoms with Gasteiger partial charge in [0.15, 0.2) is 12.3 Å². The normalized spacial score (nSPS) is 10.5. The standard InChI is InChI=1S/C19H24N4O3/c1-5-23(13(2)3)16-8-6-15(7-9-16)22-18(24)12-26-19(25)17-11-20-14(4)10-21-17/h6-11,13H,5,12H2,1-4H3,(H,22,24). The first-order valence-electron chi connectivity index (χ1n) is 8.53. The zero-order chi connectivity index (χ0) is 19.1. The molecule has 0 saturated carbocycles. The van der Waals surface area contributed by atoms with Gasteiger partial charge in [0.25, 0.3) is 5.91 Å². The van der Waals surface area contributed by atoms with Crippen LogP contribution in [0.5, 0.6) is 0 Å². The molecule has 0 aliphatic carbocycles. The Hall–Kier alpha value is -2.96. The Morgan fingerprint density at radius 2 is 1.85 bits per heavy atom. The summed E-state index contributed by atoms with van der Waals surface area (Å²) in [6.45, 7) is 8.65. The van der Waals surface area contributed by atoms with Gasteiger partial charge >= 0.3 is 5.97 Å². The van der Waals surface area contributed by atoms with Crippen LogP contribution in [0.4, 0.5) is 11.4 Å². The van der Waals surface area contributed by atoms with Gasteiger partial charge in [-0.25, -0.2) is 9.78 Å². The van der Waals surface area contributed by atoms with Crippen molar-refractivity contribution in [2.45, 2.75) is 33.7 Å². The number of anilines is 2. The lowest BCUT2D eigenvalue weighted by molar-refractivity contribution is -0.119. The van der Waals surface area contributed by atoms with Crippen LogP contribution in [0.2, 0.25) is 0 Å². The zero-order valence-electron chi connectivity index (χ0n) is 15.5. The van der Waals surface area contributed by atoms with E-state index in [1.165, 1.54) is 12.4 Å². The van der Waals surface area contributed by atoms with Gasteiger partial charge in [-0.3, -0.25) is 9.78 Å². The second kappa shape index (κ2) is 8.94. The Balaban J connectivity index is 1.87. The summed E-state index contributed by atoms with van der Waals surface area (Å²) in [6, 6.07) is 7.95. The Labute approximate surface area is 153 Å². The summed E-state index contributed by atoms with van der Waals surface area (Å²) in [5.74, 6) is -1.10. The van der Waals surface area contributed by atoms with Crippen molar-refractivity contribution in [1.29, 1.82) is 0 Å². The second-order valence-corrected chi connectivity index (χ2v) is 6.09. The summed E-state index contributed by atoms with van der Waals surface area (Å²) in [6.07, 6.45) is 2.79. The maximum atomic E-state index is 12.0. The number of esters is 1. The molecule has 1 aromatic carbocycles. The van der Waals surface area contributed by atoms with Crippen LogP contribution in [0.1, 0.15) is 37.0 Å². The number of aryl methyl sites for hydroxylation is 1. The number of nitrogens with one attached hydrogen (secondary N) is 1. The first kappa shape index (κ1) is 19.4. The molecule has 1 heterocycles. The summed E-state index contributed by atoms with van der Waals surface area (Å²) >= 11 is 0. The molecular formula is C19H24N4O3. The Morgan fingerprint density at radius 3 is 2.38 bits per heavy atom. The molecule has 0 bridgehead atoms. The highest BCUT2D eigenvalue weighted by Gasteiger charge is 2.13. The van der Waals surface area contributed by atoms with E-state index < -0.39 is 11.9 Å². The summed E-state index contributed by atoms with van der Waals surface area (Å²) in [4.78, 5) is 33.9. The van der Waals surface area contributed by atoms with Gasteiger partial charge in [-0.1, -0.05) is 0 Å². The predicted molar refractivity (Wildman–Crippen MR) is 100 cm³/mol. The zero-order valence-corrected chi connectivity index (χ0v) is 15.5. The summed E-state index contributed by atoms with van der Waals surface area (Å²) in [7, 11) is 0. The van der Waals surface area contributed by atoms with E-state index in [4.69, 9.17) is 4.74 Å². The van der Waals surface area contributed by atoms with Gasteiger partial charge in [0, 0.05) is 30.2 Å². The number of amides is 1. The molecule has 2 aromatic rings. The maximum Gasteiger partial charge on any atom is 0.359 e. The first-order valence-corrected chi connectivity index (χ1v) is 8.53. The first-order chi connectivity index (χ1) is 12.4. The van der Waals surface area contributed by atoms with E-state index in [1.807, 2.05) is 24.3 Å². The minimum atomic E-state index is -0.682. The lowest BCUT2D eigenvalue weighted by Gasteiger charge is -2.27. The van der Waals surface area contributed by atoms with Gasteiger partial charge in [0.1, 0.15) is 0 Å². The number of rotatable bonds is 7. The predicted octanol–water partition coefficient (Wildman–Crippen LogP) is 2.82. The Kier molecular flexibility index (Phi) is 6.66. The summed E-state index contributed by atoms with van der Waals surface area (Å²) in [5.41, 5.74) is 2.50. The molecule has 0 fully saturated rings. The number of hydrogen-bond donors (Lipinski definition) is 1. The smallest absolute Gasteiger partial charge is 0.359 e. The molecule has 2 rings (SSSR count). The molecule has 0 unspecified atom stereocenters. The van der Waals surface area contributed by atoms with Gasteiger partial charge in [0.05, 0.1) is 11.9 Å². The average molecular weight is 356 g/mol. The van der Waals surface area contributed by atoms with Crippen LogP contribution in [0, 0.1) is 6.92 Å². The molecule has 7 nitrogen and oxygen atoms in total. The molecule has 1 amide bonds. The number of carbonyl (C=O) groups excluding carboxylic acids is 2. The third-order valence-corrected chi connectivity index (χ3v) is 3.77. The van der Waals surface area contributed by atoms with Crippen LogP contribution in [0.15, 0.2) is 36.7 Å². The summed E-state index contributed by atoms with van der Waals surface area (Å²) < 4.78 is 4.95. The lowest BCUT2D eigenvalue weighted by Crippen LogP contribution is -2.30. The fourth-order valence-corrected chi connectivity index (χ4v) is 2.48. The average Bonchev–Trinajstić information content (AvgIpc) is 2.62. The third kappa shape index (κ3) is 5.27. The molecule has 0 atom stereocenters. The van der Waals surface area contributed by atoms with Crippen LogP contribution in [0.3, 0.4) is 0 Å². The highest BCUT2D eigenvalue weighted by molar-refractivity contribution is 5.94. The van der Waals surface area contributed by atoms with E-state index in [2.05, 4.69) is 41.0 Å². The van der Waals surface area contributed by atoms with Crippen LogP contribution < -0.4 is 10.2 Å². The van der Waals surface area contributed by atoms with Crippen LogP contribution in [0.25, 0.3) is 0 Å². The fourth-order valence-electron chi connectivity index (χ4n) is 2.48. The third-order valence-electron chi connectivity index (χ3n) is 3.77. The van der Waals surface area contributed by atoms with Gasteiger partial charge < -0.3 is 15.0 Å². The fraction of sp³-hybridized carbons (Fsp3) is 0.368. The maximum absolute atomic E-state index is 12.0. The minimum Gasteiger partial charge on any atom is -0.451 e. The van der Waals surface area contributed by atoms with E-state index in [1.54, 1.807) is 6.92 Å². The number of ether oxygens (including phenoxy) is 1. The molecule has 1 aromatic heterocycles. The second-order valence-electron chi connectivity index (χ2n) is 6.09. The number of benzene rings is 1. The molecule has 1 N–H and O–H groups in total. The molecule has 0 spiro atoms. The largest absolute Gasteiger partial charge is 0.451 e. The van der Waals surface area contributed by atoms with Gasteiger partial charge in [-0.05, 0) is 52.0 Å². The van der Waals surface area contributed by atoms with Gasteiger partial charge in [-0.15, -0.1) is 0 Å². The quantitative estimate of drug-likeness (QED) is 0.768. The van der Waals surface area contributed by atoms with E-state index in [9.17, 15) is 9.59 Å². The number of hydrogen-bond acceptors (Lipinski definition) is 6. The highest BCUT2D eigenvalue weighted by Crippen LogP contribution is 2.19. The molecule has 0 aliphatic heterocycles.